The number of anilines is 1. The van der Waals surface area contributed by atoms with Gasteiger partial charge in [0, 0.05) is 18.4 Å². The second-order valence-corrected chi connectivity index (χ2v) is 8.92. The summed E-state index contributed by atoms with van der Waals surface area (Å²) in [4.78, 5) is 16.5. The van der Waals surface area contributed by atoms with Gasteiger partial charge < -0.3 is 15.7 Å². The lowest BCUT2D eigenvalue weighted by Gasteiger charge is -2.31. The molecule has 176 valence electrons. The van der Waals surface area contributed by atoms with E-state index in [2.05, 4.69) is 20.7 Å². The van der Waals surface area contributed by atoms with Gasteiger partial charge in [-0.05, 0) is 51.7 Å². The van der Waals surface area contributed by atoms with Crippen molar-refractivity contribution in [3.05, 3.63) is 40.9 Å². The summed E-state index contributed by atoms with van der Waals surface area (Å²) in [6.45, 7) is 2.29. The van der Waals surface area contributed by atoms with Crippen molar-refractivity contribution in [2.24, 2.45) is 0 Å². The van der Waals surface area contributed by atoms with Crippen LogP contribution in [-0.4, -0.2) is 50.1 Å². The topological polar surface area (TPSA) is 92.1 Å². The molecule has 0 spiro atoms. The molecule has 3 rings (SSSR count). The van der Waals surface area contributed by atoms with Crippen LogP contribution in [0.1, 0.15) is 68.0 Å². The summed E-state index contributed by atoms with van der Waals surface area (Å²) in [5.74, 6) is -0.546. The first-order valence-corrected chi connectivity index (χ1v) is 10.8. The monoisotopic (exact) mass is 473 g/mol. The molecular formula is C21H27ClF3N5O2. The number of aromatic nitrogens is 3. The molecule has 1 aliphatic carbocycles. The second kappa shape index (κ2) is 10.1. The van der Waals surface area contributed by atoms with E-state index in [9.17, 15) is 23.1 Å². The minimum absolute atomic E-state index is 0.00729. The summed E-state index contributed by atoms with van der Waals surface area (Å²) < 4.78 is 41.7. The number of amides is 1. The average molecular weight is 474 g/mol. The second-order valence-electron chi connectivity index (χ2n) is 8.53. The molecule has 7 nitrogen and oxygen atoms in total. The molecule has 0 unspecified atom stereocenters. The normalized spacial score (nSPS) is 20.2. The van der Waals surface area contributed by atoms with Gasteiger partial charge in [-0.15, -0.1) is 0 Å². The lowest BCUT2D eigenvalue weighted by molar-refractivity contribution is -0.00177. The largest absolute Gasteiger partial charge is 0.387 e. The third kappa shape index (κ3) is 5.92. The van der Waals surface area contributed by atoms with Crippen LogP contribution >= 0.6 is 11.6 Å². The van der Waals surface area contributed by atoms with Crippen LogP contribution in [0, 0.1) is 0 Å². The maximum absolute atomic E-state index is 14.0. The Morgan fingerprint density at radius 3 is 2.62 bits per heavy atom. The third-order valence-corrected chi connectivity index (χ3v) is 5.86. The number of pyridine rings is 1. The number of alkyl halides is 3. The number of nitrogens with one attached hydrogen (secondary N) is 2. The third-order valence-electron chi connectivity index (χ3n) is 5.65. The molecular weight excluding hydrogens is 447 g/mol. The summed E-state index contributed by atoms with van der Waals surface area (Å²) in [5.41, 5.74) is -1.01. The van der Waals surface area contributed by atoms with E-state index in [1.54, 1.807) is 0 Å². The number of carbonyl (C=O) groups is 1. The van der Waals surface area contributed by atoms with Gasteiger partial charge in [0.25, 0.3) is 12.3 Å². The van der Waals surface area contributed by atoms with Crippen molar-refractivity contribution in [3.63, 3.8) is 0 Å². The Balaban J connectivity index is 1.63. The highest BCUT2D eigenvalue weighted by atomic mass is 35.5. The lowest BCUT2D eigenvalue weighted by Crippen LogP contribution is -2.42. The minimum Gasteiger partial charge on any atom is -0.387 e. The van der Waals surface area contributed by atoms with Crippen LogP contribution in [0.3, 0.4) is 0 Å². The van der Waals surface area contributed by atoms with Gasteiger partial charge in [0.15, 0.2) is 0 Å². The van der Waals surface area contributed by atoms with Gasteiger partial charge in [-0.3, -0.25) is 9.48 Å². The Bertz CT molecular complexity index is 926. The van der Waals surface area contributed by atoms with Gasteiger partial charge in [-0.1, -0.05) is 11.6 Å². The molecule has 2 heterocycles. The summed E-state index contributed by atoms with van der Waals surface area (Å²) in [6, 6.07) is 2.73. The molecule has 0 bridgehead atoms. The smallest absolute Gasteiger partial charge is 0.280 e. The number of halogens is 4. The molecule has 0 aliphatic heterocycles. The Morgan fingerprint density at radius 1 is 1.31 bits per heavy atom. The molecule has 0 saturated heterocycles. The molecule has 2 aromatic rings. The average Bonchev–Trinajstić information content (AvgIpc) is 3.22. The molecule has 2 aromatic heterocycles. The van der Waals surface area contributed by atoms with Crippen molar-refractivity contribution in [1.29, 1.82) is 0 Å². The van der Waals surface area contributed by atoms with Crippen molar-refractivity contribution in [3.8, 4) is 0 Å². The fourth-order valence-electron chi connectivity index (χ4n) is 3.74. The van der Waals surface area contributed by atoms with Crippen molar-refractivity contribution in [1.82, 2.24) is 20.1 Å². The lowest BCUT2D eigenvalue weighted by atomic mass is 9.90. The maximum atomic E-state index is 14.0. The summed E-state index contributed by atoms with van der Waals surface area (Å²) in [5, 5.41) is 19.7. The molecule has 1 amide bonds. The molecule has 11 heteroatoms. The number of rotatable bonds is 8. The van der Waals surface area contributed by atoms with Crippen LogP contribution in [0.25, 0.3) is 0 Å². The van der Waals surface area contributed by atoms with Crippen molar-refractivity contribution >= 4 is 23.2 Å². The fraction of sp³-hybridized carbons (Fsp3) is 0.571. The van der Waals surface area contributed by atoms with Crippen LogP contribution in [0.5, 0.6) is 0 Å². The van der Waals surface area contributed by atoms with Gasteiger partial charge in [-0.25, -0.2) is 18.2 Å². The zero-order valence-electron chi connectivity index (χ0n) is 17.9. The highest BCUT2D eigenvalue weighted by Gasteiger charge is 2.29. The molecule has 0 radical (unpaired) electrons. The van der Waals surface area contributed by atoms with Gasteiger partial charge in [0.1, 0.15) is 17.0 Å². The van der Waals surface area contributed by atoms with Gasteiger partial charge in [0.2, 0.25) is 0 Å². The van der Waals surface area contributed by atoms with E-state index in [4.69, 9.17) is 11.6 Å². The first kappa shape index (κ1) is 24.3. The van der Waals surface area contributed by atoms with Gasteiger partial charge >= 0.3 is 0 Å². The maximum Gasteiger partial charge on any atom is 0.280 e. The molecule has 1 saturated carbocycles. The standard InChI is InChI=1S/C21H27ClF3N5O2/c1-21(2,32)17(23)11-27-20(31)14-10-26-18(22)9-15(14)29-12-3-5-13(6-4-12)30-16(19(24)25)7-8-28-30/h7-10,12-13,17,19,32H,3-6,11H2,1-2H3,(H,26,29)(H,27,31)/t12-,13-,17-/m1/s1. The zero-order chi connectivity index (χ0) is 23.5. The SMILES string of the molecule is CC(C)(O)[C@H](F)CNC(=O)c1cnc(Cl)cc1N[C@H]1CC[C@H](n2nccc2C(F)F)CC1. The number of hydrogen-bond acceptors (Lipinski definition) is 5. The van der Waals surface area contributed by atoms with Crippen molar-refractivity contribution in [2.45, 2.75) is 69.8 Å². The van der Waals surface area contributed by atoms with Gasteiger partial charge in [0.05, 0.1) is 29.4 Å². The first-order valence-electron chi connectivity index (χ1n) is 10.4. The predicted octanol–water partition coefficient (Wildman–Crippen LogP) is 4.30. The van der Waals surface area contributed by atoms with Crippen LogP contribution in [0.2, 0.25) is 5.15 Å². The number of nitrogens with zero attached hydrogens (tertiary/aromatic N) is 3. The molecule has 32 heavy (non-hydrogen) atoms. The molecule has 3 N–H and O–H groups in total. The van der Waals surface area contributed by atoms with E-state index in [1.165, 1.54) is 43.1 Å². The Labute approximate surface area is 189 Å². The quantitative estimate of drug-likeness (QED) is 0.497. The Hall–Kier alpha value is -2.33. The summed E-state index contributed by atoms with van der Waals surface area (Å²) >= 11 is 6.01. The van der Waals surface area contributed by atoms with E-state index in [0.29, 0.717) is 31.4 Å². The Kier molecular flexibility index (Phi) is 7.66. The molecule has 1 aliphatic rings. The van der Waals surface area contributed by atoms with Crippen LogP contribution in [-0.2, 0) is 0 Å². The van der Waals surface area contributed by atoms with Crippen LogP contribution in [0.15, 0.2) is 24.5 Å². The fourth-order valence-corrected chi connectivity index (χ4v) is 3.90. The zero-order valence-corrected chi connectivity index (χ0v) is 18.6. The van der Waals surface area contributed by atoms with E-state index >= 15 is 0 Å². The van der Waals surface area contributed by atoms with E-state index in [0.717, 1.165) is 0 Å². The van der Waals surface area contributed by atoms with Crippen molar-refractivity contribution in [2.75, 3.05) is 11.9 Å². The molecule has 0 aromatic carbocycles. The Morgan fingerprint density at radius 2 is 2.00 bits per heavy atom. The highest BCUT2D eigenvalue weighted by molar-refractivity contribution is 6.29. The highest BCUT2D eigenvalue weighted by Crippen LogP contribution is 2.33. The van der Waals surface area contributed by atoms with E-state index in [-0.39, 0.29) is 35.0 Å². The predicted molar refractivity (Wildman–Crippen MR) is 115 cm³/mol. The minimum atomic E-state index is -2.58. The van der Waals surface area contributed by atoms with Crippen LogP contribution < -0.4 is 10.6 Å². The van der Waals surface area contributed by atoms with Crippen molar-refractivity contribution < 1.29 is 23.1 Å². The van der Waals surface area contributed by atoms with Gasteiger partial charge in [-0.2, -0.15) is 5.10 Å². The first-order chi connectivity index (χ1) is 15.1. The number of aliphatic hydroxyl groups is 1. The number of hydrogen-bond donors (Lipinski definition) is 3. The number of carbonyl (C=O) groups excluding carboxylic acids is 1. The van der Waals surface area contributed by atoms with Crippen LogP contribution in [0.4, 0.5) is 18.9 Å². The van der Waals surface area contributed by atoms with E-state index < -0.39 is 24.1 Å². The molecule has 1 fully saturated rings. The summed E-state index contributed by atoms with van der Waals surface area (Å²) in [7, 11) is 0. The van der Waals surface area contributed by atoms with E-state index in [1.807, 2.05) is 0 Å². The summed E-state index contributed by atoms with van der Waals surface area (Å²) in [6.07, 6.45) is 1.13. The molecule has 1 atom stereocenters.